The van der Waals surface area contributed by atoms with E-state index in [9.17, 15) is 4.39 Å². The Balaban J connectivity index is 2.56. The highest BCUT2D eigenvalue weighted by Crippen LogP contribution is 2.30. The lowest BCUT2D eigenvalue weighted by Gasteiger charge is -2.23. The van der Waals surface area contributed by atoms with E-state index in [1.807, 2.05) is 12.1 Å². The SMILES string of the molecule is Cc1ccc2c(c1F)CCC[C@H]2N. The second-order valence-corrected chi connectivity index (χ2v) is 3.76. The van der Waals surface area contributed by atoms with Crippen LogP contribution in [0.25, 0.3) is 0 Å². The lowest BCUT2D eigenvalue weighted by Crippen LogP contribution is -2.18. The van der Waals surface area contributed by atoms with Gasteiger partial charge in [0.1, 0.15) is 5.82 Å². The zero-order valence-electron chi connectivity index (χ0n) is 7.81. The summed E-state index contributed by atoms with van der Waals surface area (Å²) in [6.07, 6.45) is 2.83. The first kappa shape index (κ1) is 8.70. The molecule has 0 aliphatic heterocycles. The number of nitrogens with two attached hydrogens (primary N) is 1. The maximum Gasteiger partial charge on any atom is 0.129 e. The van der Waals surface area contributed by atoms with E-state index in [4.69, 9.17) is 5.73 Å². The number of halogens is 1. The van der Waals surface area contributed by atoms with Crippen molar-refractivity contribution in [1.82, 2.24) is 0 Å². The summed E-state index contributed by atoms with van der Waals surface area (Å²) in [4.78, 5) is 0. The molecule has 0 saturated heterocycles. The zero-order chi connectivity index (χ0) is 9.42. The van der Waals surface area contributed by atoms with E-state index in [0.717, 1.165) is 36.0 Å². The van der Waals surface area contributed by atoms with Crippen LogP contribution in [0.1, 0.15) is 35.6 Å². The van der Waals surface area contributed by atoms with Crippen LogP contribution in [0.2, 0.25) is 0 Å². The average Bonchev–Trinajstić information content (AvgIpc) is 2.12. The van der Waals surface area contributed by atoms with Crippen LogP contribution in [0.15, 0.2) is 12.1 Å². The first-order chi connectivity index (χ1) is 6.20. The molecule has 0 radical (unpaired) electrons. The molecule has 2 rings (SSSR count). The first-order valence-corrected chi connectivity index (χ1v) is 4.73. The molecule has 0 aromatic heterocycles. The number of rotatable bonds is 0. The van der Waals surface area contributed by atoms with E-state index < -0.39 is 0 Å². The monoisotopic (exact) mass is 179 g/mol. The molecule has 70 valence electrons. The van der Waals surface area contributed by atoms with Gasteiger partial charge >= 0.3 is 0 Å². The summed E-state index contributed by atoms with van der Waals surface area (Å²) in [5, 5.41) is 0. The maximum absolute atomic E-state index is 13.6. The third-order valence-corrected chi connectivity index (χ3v) is 2.81. The first-order valence-electron chi connectivity index (χ1n) is 4.73. The fraction of sp³-hybridized carbons (Fsp3) is 0.455. The Bertz CT molecular complexity index is 333. The Hall–Kier alpha value is -0.890. The molecule has 2 N–H and O–H groups in total. The molecule has 2 heteroatoms. The van der Waals surface area contributed by atoms with E-state index in [1.54, 1.807) is 6.92 Å². The average molecular weight is 179 g/mol. The standard InChI is InChI=1S/C11H14FN/c1-7-5-6-8-9(11(7)12)3-2-4-10(8)13/h5-6,10H,2-4,13H2,1H3/t10-/m1/s1. The molecule has 0 heterocycles. The molecule has 0 amide bonds. The van der Waals surface area contributed by atoms with E-state index in [2.05, 4.69) is 0 Å². The van der Waals surface area contributed by atoms with Crippen molar-refractivity contribution in [1.29, 1.82) is 0 Å². The van der Waals surface area contributed by atoms with Gasteiger partial charge in [-0.25, -0.2) is 4.39 Å². The van der Waals surface area contributed by atoms with Gasteiger partial charge in [-0.1, -0.05) is 12.1 Å². The Morgan fingerprint density at radius 3 is 3.00 bits per heavy atom. The summed E-state index contributed by atoms with van der Waals surface area (Å²) in [6.45, 7) is 1.80. The third-order valence-electron chi connectivity index (χ3n) is 2.81. The molecule has 1 aliphatic rings. The fourth-order valence-electron chi connectivity index (χ4n) is 2.01. The Morgan fingerprint density at radius 2 is 2.23 bits per heavy atom. The molecule has 13 heavy (non-hydrogen) atoms. The van der Waals surface area contributed by atoms with Gasteiger partial charge in [-0.15, -0.1) is 0 Å². The van der Waals surface area contributed by atoms with Crippen molar-refractivity contribution < 1.29 is 4.39 Å². The van der Waals surface area contributed by atoms with Crippen LogP contribution in [0.3, 0.4) is 0 Å². The molecule has 0 spiro atoms. The summed E-state index contributed by atoms with van der Waals surface area (Å²) < 4.78 is 13.6. The molecule has 0 fully saturated rings. The normalized spacial score (nSPS) is 21.3. The molecule has 1 atom stereocenters. The summed E-state index contributed by atoms with van der Waals surface area (Å²) in [6, 6.07) is 3.83. The molecule has 1 aromatic rings. The molecule has 0 bridgehead atoms. The summed E-state index contributed by atoms with van der Waals surface area (Å²) in [7, 11) is 0. The van der Waals surface area contributed by atoms with Crippen LogP contribution in [-0.4, -0.2) is 0 Å². The van der Waals surface area contributed by atoms with Crippen LogP contribution in [0.4, 0.5) is 4.39 Å². The number of hydrogen-bond acceptors (Lipinski definition) is 1. The van der Waals surface area contributed by atoms with Gasteiger partial charge in [0.05, 0.1) is 0 Å². The highest BCUT2D eigenvalue weighted by molar-refractivity contribution is 5.36. The summed E-state index contributed by atoms with van der Waals surface area (Å²) >= 11 is 0. The maximum atomic E-state index is 13.6. The van der Waals surface area contributed by atoms with Gasteiger partial charge in [-0.05, 0) is 42.9 Å². The van der Waals surface area contributed by atoms with Crippen LogP contribution in [0.5, 0.6) is 0 Å². The van der Waals surface area contributed by atoms with Gasteiger partial charge in [0.15, 0.2) is 0 Å². The molecule has 0 unspecified atom stereocenters. The van der Waals surface area contributed by atoms with E-state index in [0.29, 0.717) is 0 Å². The van der Waals surface area contributed by atoms with Crippen LogP contribution >= 0.6 is 0 Å². The van der Waals surface area contributed by atoms with Crippen molar-refractivity contribution in [3.8, 4) is 0 Å². The summed E-state index contributed by atoms with van der Waals surface area (Å²) in [5.41, 5.74) is 8.48. The van der Waals surface area contributed by atoms with Gasteiger partial charge in [-0.2, -0.15) is 0 Å². The molecule has 1 nitrogen and oxygen atoms in total. The molecule has 1 aliphatic carbocycles. The third kappa shape index (κ3) is 1.35. The van der Waals surface area contributed by atoms with Gasteiger partial charge in [0.2, 0.25) is 0 Å². The van der Waals surface area contributed by atoms with Crippen LogP contribution < -0.4 is 5.73 Å². The van der Waals surface area contributed by atoms with Gasteiger partial charge < -0.3 is 5.73 Å². The van der Waals surface area contributed by atoms with E-state index in [-0.39, 0.29) is 11.9 Å². The number of benzene rings is 1. The van der Waals surface area contributed by atoms with Crippen molar-refractivity contribution in [3.63, 3.8) is 0 Å². The predicted molar refractivity (Wildman–Crippen MR) is 51.0 cm³/mol. The number of fused-ring (bicyclic) bond motifs is 1. The van der Waals surface area contributed by atoms with E-state index >= 15 is 0 Å². The van der Waals surface area contributed by atoms with Gasteiger partial charge in [0, 0.05) is 6.04 Å². The largest absolute Gasteiger partial charge is 0.324 e. The second-order valence-electron chi connectivity index (χ2n) is 3.76. The van der Waals surface area contributed by atoms with Crippen molar-refractivity contribution >= 4 is 0 Å². The van der Waals surface area contributed by atoms with Crippen molar-refractivity contribution in [3.05, 3.63) is 34.6 Å². The van der Waals surface area contributed by atoms with Gasteiger partial charge in [-0.3, -0.25) is 0 Å². The Morgan fingerprint density at radius 1 is 1.46 bits per heavy atom. The highest BCUT2D eigenvalue weighted by Gasteiger charge is 2.20. The molecular weight excluding hydrogens is 165 g/mol. The fourth-order valence-corrected chi connectivity index (χ4v) is 2.01. The summed E-state index contributed by atoms with van der Waals surface area (Å²) in [5.74, 6) is -0.0485. The lowest BCUT2D eigenvalue weighted by molar-refractivity contribution is 0.528. The number of aryl methyl sites for hydroxylation is 1. The topological polar surface area (TPSA) is 26.0 Å². The molecule has 0 saturated carbocycles. The van der Waals surface area contributed by atoms with Crippen molar-refractivity contribution in [2.45, 2.75) is 32.2 Å². The smallest absolute Gasteiger partial charge is 0.129 e. The quantitative estimate of drug-likeness (QED) is 0.650. The Labute approximate surface area is 77.8 Å². The minimum Gasteiger partial charge on any atom is -0.324 e. The zero-order valence-corrected chi connectivity index (χ0v) is 7.81. The van der Waals surface area contributed by atoms with E-state index in [1.165, 1.54) is 0 Å². The highest BCUT2D eigenvalue weighted by atomic mass is 19.1. The van der Waals surface area contributed by atoms with Crippen LogP contribution in [0, 0.1) is 12.7 Å². The minimum absolute atomic E-state index is 0.0406. The minimum atomic E-state index is -0.0485. The Kier molecular flexibility index (Phi) is 2.08. The van der Waals surface area contributed by atoms with Crippen molar-refractivity contribution in [2.24, 2.45) is 5.73 Å². The molecular formula is C11H14FN. The lowest BCUT2D eigenvalue weighted by atomic mass is 9.87. The van der Waals surface area contributed by atoms with Gasteiger partial charge in [0.25, 0.3) is 0 Å². The second kappa shape index (κ2) is 3.11. The van der Waals surface area contributed by atoms with Crippen LogP contribution in [-0.2, 0) is 6.42 Å². The van der Waals surface area contributed by atoms with Crippen molar-refractivity contribution in [2.75, 3.05) is 0 Å². The molecule has 1 aromatic carbocycles. The number of hydrogen-bond donors (Lipinski definition) is 1. The predicted octanol–water partition coefficient (Wildman–Crippen LogP) is 2.47.